The predicted octanol–water partition coefficient (Wildman–Crippen LogP) is 5.77. The lowest BCUT2D eigenvalue weighted by molar-refractivity contribution is 0.318. The molecule has 2 N–H and O–H groups in total. The first kappa shape index (κ1) is 24.8. The van der Waals surface area contributed by atoms with E-state index in [0.717, 1.165) is 11.3 Å². The molecule has 0 aliphatic carbocycles. The van der Waals surface area contributed by atoms with E-state index in [1.165, 1.54) is 0 Å². The molecule has 176 valence electrons. The van der Waals surface area contributed by atoms with Crippen molar-refractivity contribution in [2.24, 2.45) is 10.2 Å². The standard InChI is InChI=1S/C23H20N4O3S.C2H6O/c1-16-5-11-19(12-6-16)31(28,29)27-22-14-13-21(20-4-3-15-24-23(20)22)26-25-17-7-9-18(30-2)10-8-17;1-2-3/h3-15,27H,1-2H3;3H,2H2,1H3. The first-order chi connectivity index (χ1) is 16.4. The molecular formula is C25H26N4O4S. The predicted molar refractivity (Wildman–Crippen MR) is 134 cm³/mol. The third kappa shape index (κ3) is 6.15. The Balaban J connectivity index is 0.00000103. The first-order valence-electron chi connectivity index (χ1n) is 10.5. The Morgan fingerprint density at radius 3 is 2.29 bits per heavy atom. The number of ether oxygens (including phenoxy) is 1. The van der Waals surface area contributed by atoms with Crippen LogP contribution in [0.15, 0.2) is 94.1 Å². The van der Waals surface area contributed by atoms with Crippen molar-refractivity contribution in [3.63, 3.8) is 0 Å². The van der Waals surface area contributed by atoms with E-state index in [9.17, 15) is 8.42 Å². The van der Waals surface area contributed by atoms with Gasteiger partial charge in [0.05, 0.1) is 34.6 Å². The quantitative estimate of drug-likeness (QED) is 0.342. The highest BCUT2D eigenvalue weighted by Crippen LogP contribution is 2.32. The summed E-state index contributed by atoms with van der Waals surface area (Å²) in [6, 6.07) is 20.8. The van der Waals surface area contributed by atoms with Crippen LogP contribution in [0.1, 0.15) is 12.5 Å². The summed E-state index contributed by atoms with van der Waals surface area (Å²) in [5, 5.41) is 16.9. The second kappa shape index (κ2) is 11.4. The van der Waals surface area contributed by atoms with Gasteiger partial charge < -0.3 is 9.84 Å². The Bertz CT molecular complexity index is 1370. The van der Waals surface area contributed by atoms with Gasteiger partial charge in [0.2, 0.25) is 0 Å². The molecule has 0 saturated heterocycles. The molecule has 0 aliphatic heterocycles. The van der Waals surface area contributed by atoms with Gasteiger partial charge in [-0.25, -0.2) is 8.42 Å². The number of hydrogen-bond donors (Lipinski definition) is 2. The Morgan fingerprint density at radius 1 is 0.971 bits per heavy atom. The van der Waals surface area contributed by atoms with Gasteiger partial charge >= 0.3 is 0 Å². The SMILES string of the molecule is CCO.COc1ccc(N=Nc2ccc(NS(=O)(=O)c3ccc(C)cc3)c3ncccc23)cc1. The molecule has 8 nitrogen and oxygen atoms in total. The number of aryl methyl sites for hydroxylation is 1. The number of nitrogens with one attached hydrogen (secondary N) is 1. The smallest absolute Gasteiger partial charge is 0.261 e. The van der Waals surface area contributed by atoms with Crippen molar-refractivity contribution in [3.8, 4) is 5.75 Å². The minimum atomic E-state index is -3.75. The Kier molecular flexibility index (Phi) is 8.29. The molecular weight excluding hydrogens is 452 g/mol. The van der Waals surface area contributed by atoms with Crippen molar-refractivity contribution in [2.45, 2.75) is 18.7 Å². The molecule has 1 heterocycles. The highest BCUT2D eigenvalue weighted by Gasteiger charge is 2.17. The number of fused-ring (bicyclic) bond motifs is 1. The maximum Gasteiger partial charge on any atom is 0.261 e. The van der Waals surface area contributed by atoms with Gasteiger partial charge in [-0.3, -0.25) is 9.71 Å². The molecule has 34 heavy (non-hydrogen) atoms. The number of aliphatic hydroxyl groups is 1. The Hall–Kier alpha value is -3.82. The van der Waals surface area contributed by atoms with Crippen molar-refractivity contribution in [1.82, 2.24) is 4.98 Å². The second-order valence-corrected chi connectivity index (χ2v) is 8.85. The zero-order valence-electron chi connectivity index (χ0n) is 19.1. The summed E-state index contributed by atoms with van der Waals surface area (Å²) in [6.07, 6.45) is 1.61. The second-order valence-electron chi connectivity index (χ2n) is 7.16. The number of aromatic nitrogens is 1. The van der Waals surface area contributed by atoms with Gasteiger partial charge in [0.15, 0.2) is 0 Å². The summed E-state index contributed by atoms with van der Waals surface area (Å²) >= 11 is 0. The lowest BCUT2D eigenvalue weighted by Gasteiger charge is -2.11. The number of nitrogens with zero attached hydrogens (tertiary/aromatic N) is 3. The van der Waals surface area contributed by atoms with Gasteiger partial charge in [0.25, 0.3) is 10.0 Å². The van der Waals surface area contributed by atoms with Gasteiger partial charge in [-0.15, -0.1) is 5.11 Å². The van der Waals surface area contributed by atoms with Crippen molar-refractivity contribution in [3.05, 3.63) is 84.6 Å². The molecule has 0 amide bonds. The zero-order valence-corrected chi connectivity index (χ0v) is 20.0. The normalized spacial score (nSPS) is 11.2. The van der Waals surface area contributed by atoms with E-state index in [-0.39, 0.29) is 11.5 Å². The third-order valence-electron chi connectivity index (χ3n) is 4.67. The van der Waals surface area contributed by atoms with Crippen LogP contribution in [0.5, 0.6) is 5.75 Å². The fourth-order valence-electron chi connectivity index (χ4n) is 3.01. The number of methoxy groups -OCH3 is 1. The van der Waals surface area contributed by atoms with Crippen LogP contribution < -0.4 is 9.46 Å². The van der Waals surface area contributed by atoms with E-state index in [0.29, 0.717) is 28.0 Å². The van der Waals surface area contributed by atoms with Gasteiger partial charge in [-0.05, 0) is 74.5 Å². The molecule has 4 rings (SSSR count). The van der Waals surface area contributed by atoms with Crippen LogP contribution in [0.25, 0.3) is 10.9 Å². The third-order valence-corrected chi connectivity index (χ3v) is 6.05. The summed E-state index contributed by atoms with van der Waals surface area (Å²) in [5.74, 6) is 0.735. The van der Waals surface area contributed by atoms with E-state index in [1.54, 1.807) is 87.0 Å². The summed E-state index contributed by atoms with van der Waals surface area (Å²) < 4.78 is 33.4. The first-order valence-corrected chi connectivity index (χ1v) is 12.0. The summed E-state index contributed by atoms with van der Waals surface area (Å²) in [4.78, 5) is 4.55. The monoisotopic (exact) mass is 478 g/mol. The van der Waals surface area contributed by atoms with Crippen LogP contribution in [-0.4, -0.2) is 32.2 Å². The Morgan fingerprint density at radius 2 is 1.65 bits per heavy atom. The summed E-state index contributed by atoms with van der Waals surface area (Å²) in [7, 11) is -2.15. The molecule has 3 aromatic carbocycles. The lowest BCUT2D eigenvalue weighted by atomic mass is 10.1. The van der Waals surface area contributed by atoms with E-state index >= 15 is 0 Å². The summed E-state index contributed by atoms with van der Waals surface area (Å²) in [6.45, 7) is 3.83. The zero-order chi connectivity index (χ0) is 24.6. The molecule has 0 bridgehead atoms. The number of sulfonamides is 1. The van der Waals surface area contributed by atoms with Crippen LogP contribution in [-0.2, 0) is 10.0 Å². The molecule has 1 aromatic heterocycles. The van der Waals surface area contributed by atoms with Gasteiger partial charge in [0.1, 0.15) is 5.75 Å². The van der Waals surface area contributed by atoms with E-state index in [2.05, 4.69) is 19.9 Å². The van der Waals surface area contributed by atoms with Crippen molar-refractivity contribution in [2.75, 3.05) is 18.4 Å². The number of benzene rings is 3. The van der Waals surface area contributed by atoms with Crippen LogP contribution in [0, 0.1) is 6.92 Å². The van der Waals surface area contributed by atoms with E-state index < -0.39 is 10.0 Å². The molecule has 9 heteroatoms. The van der Waals surface area contributed by atoms with E-state index in [4.69, 9.17) is 9.84 Å². The lowest BCUT2D eigenvalue weighted by Crippen LogP contribution is -2.13. The van der Waals surface area contributed by atoms with Crippen molar-refractivity contribution < 1.29 is 18.3 Å². The molecule has 0 fully saturated rings. The average Bonchev–Trinajstić information content (AvgIpc) is 2.84. The van der Waals surface area contributed by atoms with Crippen molar-refractivity contribution in [1.29, 1.82) is 0 Å². The number of rotatable bonds is 6. The van der Waals surface area contributed by atoms with Crippen molar-refractivity contribution >= 4 is 38.0 Å². The summed E-state index contributed by atoms with van der Waals surface area (Å²) in [5.41, 5.74) is 3.10. The minimum Gasteiger partial charge on any atom is -0.497 e. The largest absolute Gasteiger partial charge is 0.497 e. The molecule has 4 aromatic rings. The molecule has 0 atom stereocenters. The van der Waals surface area contributed by atoms with Crippen LogP contribution >= 0.6 is 0 Å². The topological polar surface area (TPSA) is 113 Å². The highest BCUT2D eigenvalue weighted by atomic mass is 32.2. The molecule has 0 radical (unpaired) electrons. The Labute approximate surface area is 199 Å². The minimum absolute atomic E-state index is 0.186. The van der Waals surface area contributed by atoms with Crippen LogP contribution in [0.3, 0.4) is 0 Å². The number of aliphatic hydroxyl groups excluding tert-OH is 1. The number of pyridine rings is 1. The molecule has 0 saturated carbocycles. The van der Waals surface area contributed by atoms with E-state index in [1.807, 2.05) is 13.0 Å². The maximum atomic E-state index is 12.8. The maximum absolute atomic E-state index is 12.8. The van der Waals surface area contributed by atoms with Crippen LogP contribution in [0.2, 0.25) is 0 Å². The number of anilines is 1. The van der Waals surface area contributed by atoms with Crippen LogP contribution in [0.4, 0.5) is 17.1 Å². The molecule has 0 aliphatic rings. The average molecular weight is 479 g/mol. The van der Waals surface area contributed by atoms with Gasteiger partial charge in [0, 0.05) is 18.2 Å². The van der Waals surface area contributed by atoms with Gasteiger partial charge in [-0.2, -0.15) is 5.11 Å². The fraction of sp³-hybridized carbons (Fsp3) is 0.160. The molecule has 0 spiro atoms. The number of hydrogen-bond acceptors (Lipinski definition) is 7. The van der Waals surface area contributed by atoms with Gasteiger partial charge in [-0.1, -0.05) is 17.7 Å². The fourth-order valence-corrected chi connectivity index (χ4v) is 4.08. The molecule has 0 unspecified atom stereocenters. The number of azo groups is 1. The highest BCUT2D eigenvalue weighted by molar-refractivity contribution is 7.92.